The number of anilines is 2. The van der Waals surface area contributed by atoms with Gasteiger partial charge in [0.05, 0.1) is 5.69 Å². The monoisotopic (exact) mass is 244 g/mol. The Morgan fingerprint density at radius 1 is 1.22 bits per heavy atom. The van der Waals surface area contributed by atoms with Crippen LogP contribution in [0.2, 0.25) is 0 Å². The fourth-order valence-corrected chi connectivity index (χ4v) is 1.76. The van der Waals surface area contributed by atoms with Gasteiger partial charge in [0.1, 0.15) is 5.82 Å². The lowest BCUT2D eigenvalue weighted by Crippen LogP contribution is -2.18. The van der Waals surface area contributed by atoms with Crippen LogP contribution in [-0.2, 0) is 13.1 Å². The van der Waals surface area contributed by atoms with Gasteiger partial charge in [-0.1, -0.05) is 6.07 Å². The molecule has 0 aliphatic carbocycles. The maximum absolute atomic E-state index is 5.63. The highest BCUT2D eigenvalue weighted by molar-refractivity contribution is 5.35. The highest BCUT2D eigenvalue weighted by Crippen LogP contribution is 2.08. The number of nitrogens with zero attached hydrogens (tertiary/aromatic N) is 4. The molecule has 0 amide bonds. The molecule has 2 aromatic rings. The van der Waals surface area contributed by atoms with Crippen LogP contribution in [0.25, 0.3) is 0 Å². The van der Waals surface area contributed by atoms with Crippen LogP contribution < -0.4 is 11.5 Å². The summed E-state index contributed by atoms with van der Waals surface area (Å²) in [6, 6.07) is 5.69. The normalized spacial score (nSPS) is 10.8. The van der Waals surface area contributed by atoms with E-state index in [1.807, 2.05) is 25.4 Å². The molecule has 94 valence electrons. The molecule has 0 radical (unpaired) electrons. The number of nitrogen functional groups attached to an aromatic ring is 2. The van der Waals surface area contributed by atoms with Crippen molar-refractivity contribution in [1.29, 1.82) is 0 Å². The first-order chi connectivity index (χ1) is 8.63. The van der Waals surface area contributed by atoms with Crippen LogP contribution in [0.3, 0.4) is 0 Å². The maximum atomic E-state index is 5.63. The smallest absolute Gasteiger partial charge is 0.222 e. The minimum Gasteiger partial charge on any atom is -0.384 e. The summed E-state index contributed by atoms with van der Waals surface area (Å²) in [6.07, 6.45) is 3.61. The third kappa shape index (κ3) is 3.39. The molecule has 2 heterocycles. The molecule has 2 aromatic heterocycles. The van der Waals surface area contributed by atoms with Crippen LogP contribution in [0.15, 0.2) is 30.6 Å². The fraction of sp³-hybridized carbons (Fsp3) is 0.250. The van der Waals surface area contributed by atoms with Gasteiger partial charge in [0.15, 0.2) is 0 Å². The molecule has 0 bridgehead atoms. The molecule has 0 atom stereocenters. The Morgan fingerprint density at radius 2 is 2.06 bits per heavy atom. The Morgan fingerprint density at radius 3 is 2.72 bits per heavy atom. The summed E-state index contributed by atoms with van der Waals surface area (Å²) in [5, 5.41) is 0. The van der Waals surface area contributed by atoms with Gasteiger partial charge in [-0.3, -0.25) is 9.88 Å². The van der Waals surface area contributed by atoms with E-state index in [9.17, 15) is 0 Å². The molecule has 0 saturated carbocycles. The van der Waals surface area contributed by atoms with Crippen molar-refractivity contribution in [3.63, 3.8) is 0 Å². The molecular weight excluding hydrogens is 228 g/mol. The Kier molecular flexibility index (Phi) is 3.69. The van der Waals surface area contributed by atoms with E-state index in [4.69, 9.17) is 11.5 Å². The van der Waals surface area contributed by atoms with Gasteiger partial charge in [-0.25, -0.2) is 4.98 Å². The minimum absolute atomic E-state index is 0.208. The number of aromatic nitrogens is 3. The number of hydrogen-bond acceptors (Lipinski definition) is 6. The van der Waals surface area contributed by atoms with Crippen molar-refractivity contribution in [3.8, 4) is 0 Å². The second kappa shape index (κ2) is 5.42. The summed E-state index contributed by atoms with van der Waals surface area (Å²) in [5.74, 6) is 0.604. The topological polar surface area (TPSA) is 94.0 Å². The van der Waals surface area contributed by atoms with Crippen molar-refractivity contribution >= 4 is 11.8 Å². The van der Waals surface area contributed by atoms with Crippen LogP contribution in [0.4, 0.5) is 11.8 Å². The summed E-state index contributed by atoms with van der Waals surface area (Å²) in [7, 11) is 2.00. The highest BCUT2D eigenvalue weighted by atomic mass is 15.1. The van der Waals surface area contributed by atoms with E-state index in [1.54, 1.807) is 12.3 Å². The quantitative estimate of drug-likeness (QED) is 0.821. The zero-order valence-corrected chi connectivity index (χ0v) is 10.2. The van der Waals surface area contributed by atoms with Crippen molar-refractivity contribution < 1.29 is 0 Å². The summed E-state index contributed by atoms with van der Waals surface area (Å²) in [5.41, 5.74) is 13.1. The number of hydrogen-bond donors (Lipinski definition) is 2. The number of pyridine rings is 1. The van der Waals surface area contributed by atoms with Crippen molar-refractivity contribution in [2.45, 2.75) is 13.1 Å². The van der Waals surface area contributed by atoms with Crippen LogP contribution in [0.1, 0.15) is 11.3 Å². The molecule has 6 nitrogen and oxygen atoms in total. The third-order valence-corrected chi connectivity index (χ3v) is 2.42. The van der Waals surface area contributed by atoms with Gasteiger partial charge < -0.3 is 11.5 Å². The maximum Gasteiger partial charge on any atom is 0.222 e. The van der Waals surface area contributed by atoms with E-state index >= 15 is 0 Å². The van der Waals surface area contributed by atoms with Crippen LogP contribution in [0.5, 0.6) is 0 Å². The lowest BCUT2D eigenvalue weighted by Gasteiger charge is -2.16. The fourth-order valence-electron chi connectivity index (χ4n) is 1.76. The molecule has 0 saturated heterocycles. The second-order valence-corrected chi connectivity index (χ2v) is 4.18. The molecule has 2 rings (SSSR count). The molecule has 4 N–H and O–H groups in total. The summed E-state index contributed by atoms with van der Waals surface area (Å²) in [4.78, 5) is 14.2. The van der Waals surface area contributed by atoms with E-state index in [2.05, 4.69) is 19.9 Å². The summed E-state index contributed by atoms with van der Waals surface area (Å²) in [6.45, 7) is 1.45. The van der Waals surface area contributed by atoms with E-state index in [0.29, 0.717) is 12.4 Å². The van der Waals surface area contributed by atoms with Gasteiger partial charge in [-0.15, -0.1) is 0 Å². The predicted octanol–water partition coefficient (Wildman–Crippen LogP) is 0.668. The lowest BCUT2D eigenvalue weighted by molar-refractivity contribution is 0.315. The minimum atomic E-state index is 0.208. The van der Waals surface area contributed by atoms with Gasteiger partial charge >= 0.3 is 0 Å². The Balaban J connectivity index is 2.01. The van der Waals surface area contributed by atoms with Gasteiger partial charge in [0, 0.05) is 31.5 Å². The third-order valence-electron chi connectivity index (χ3n) is 2.42. The average molecular weight is 244 g/mol. The second-order valence-electron chi connectivity index (χ2n) is 4.18. The van der Waals surface area contributed by atoms with E-state index in [1.165, 1.54) is 0 Å². The molecule has 0 aromatic carbocycles. The number of rotatable bonds is 4. The standard InChI is InChI=1S/C12H16N6/c1-18(7-9-3-2-4-15-6-9)8-10-5-11(13)17-12(14)16-10/h2-6H,7-8H2,1H3,(H4,13,14,16,17). The molecule has 0 aliphatic heterocycles. The van der Waals surface area contributed by atoms with Gasteiger partial charge in [0.2, 0.25) is 5.95 Å². The molecule has 0 unspecified atom stereocenters. The van der Waals surface area contributed by atoms with E-state index in [-0.39, 0.29) is 5.95 Å². The van der Waals surface area contributed by atoms with Crippen molar-refractivity contribution in [2.75, 3.05) is 18.5 Å². The molecular formula is C12H16N6. The molecule has 6 heteroatoms. The zero-order valence-electron chi connectivity index (χ0n) is 10.2. The van der Waals surface area contributed by atoms with Crippen molar-refractivity contribution in [3.05, 3.63) is 41.9 Å². The lowest BCUT2D eigenvalue weighted by atomic mass is 10.2. The zero-order chi connectivity index (χ0) is 13.0. The Bertz CT molecular complexity index is 493. The van der Waals surface area contributed by atoms with Crippen LogP contribution in [-0.4, -0.2) is 26.9 Å². The average Bonchev–Trinajstić information content (AvgIpc) is 2.28. The summed E-state index contributed by atoms with van der Waals surface area (Å²) < 4.78 is 0. The first kappa shape index (κ1) is 12.3. The highest BCUT2D eigenvalue weighted by Gasteiger charge is 2.05. The van der Waals surface area contributed by atoms with Crippen LogP contribution in [0, 0.1) is 0 Å². The number of nitrogens with two attached hydrogens (primary N) is 2. The van der Waals surface area contributed by atoms with Gasteiger partial charge in [-0.05, 0) is 18.7 Å². The van der Waals surface area contributed by atoms with Crippen molar-refractivity contribution in [2.24, 2.45) is 0 Å². The van der Waals surface area contributed by atoms with E-state index < -0.39 is 0 Å². The van der Waals surface area contributed by atoms with Crippen molar-refractivity contribution in [1.82, 2.24) is 19.9 Å². The van der Waals surface area contributed by atoms with Gasteiger partial charge in [-0.2, -0.15) is 4.98 Å². The molecule has 0 fully saturated rings. The first-order valence-corrected chi connectivity index (χ1v) is 5.60. The molecule has 18 heavy (non-hydrogen) atoms. The SMILES string of the molecule is CN(Cc1cccnc1)Cc1cc(N)nc(N)n1. The molecule has 0 spiro atoms. The van der Waals surface area contributed by atoms with E-state index in [0.717, 1.165) is 17.8 Å². The Labute approximate surface area is 106 Å². The molecule has 0 aliphatic rings. The predicted molar refractivity (Wildman–Crippen MR) is 70.3 cm³/mol. The first-order valence-electron chi connectivity index (χ1n) is 5.60. The summed E-state index contributed by atoms with van der Waals surface area (Å²) >= 11 is 0. The Hall–Kier alpha value is -2.21. The van der Waals surface area contributed by atoms with Gasteiger partial charge in [0.25, 0.3) is 0 Å². The largest absolute Gasteiger partial charge is 0.384 e. The van der Waals surface area contributed by atoms with Crippen LogP contribution >= 0.6 is 0 Å².